The lowest BCUT2D eigenvalue weighted by molar-refractivity contribution is 0.102. The molecule has 0 fully saturated rings. The number of pyridine rings is 1. The molecule has 25 heavy (non-hydrogen) atoms. The molecule has 126 valence electrons. The molecule has 0 saturated heterocycles. The van der Waals surface area contributed by atoms with Gasteiger partial charge < -0.3 is 10.6 Å². The van der Waals surface area contributed by atoms with Gasteiger partial charge in [0.2, 0.25) is 5.95 Å². The fourth-order valence-electron chi connectivity index (χ4n) is 2.02. The molecule has 0 radical (unpaired) electrons. The van der Waals surface area contributed by atoms with Crippen molar-refractivity contribution in [1.82, 2.24) is 15.0 Å². The Bertz CT molecular complexity index is 852. The third-order valence-electron chi connectivity index (χ3n) is 3.32. The van der Waals surface area contributed by atoms with E-state index in [9.17, 15) is 13.6 Å². The highest BCUT2D eigenvalue weighted by molar-refractivity contribution is 6.04. The summed E-state index contributed by atoms with van der Waals surface area (Å²) in [4.78, 5) is 24.0. The summed E-state index contributed by atoms with van der Waals surface area (Å²) in [6.45, 7) is 0.495. The number of amides is 1. The molecule has 0 spiro atoms. The van der Waals surface area contributed by atoms with Crippen LogP contribution in [0.3, 0.4) is 0 Å². The number of carbonyl (C=O) groups excluding carboxylic acids is 1. The highest BCUT2D eigenvalue weighted by Crippen LogP contribution is 2.18. The van der Waals surface area contributed by atoms with Crippen molar-refractivity contribution in [1.29, 1.82) is 0 Å². The van der Waals surface area contributed by atoms with E-state index in [0.29, 0.717) is 12.5 Å². The van der Waals surface area contributed by atoms with Crippen LogP contribution >= 0.6 is 0 Å². The van der Waals surface area contributed by atoms with Gasteiger partial charge in [-0.15, -0.1) is 0 Å². The maximum atomic E-state index is 13.6. The minimum absolute atomic E-state index is 0.0807. The average Bonchev–Trinajstić information content (AvgIpc) is 2.64. The number of rotatable bonds is 5. The summed E-state index contributed by atoms with van der Waals surface area (Å²) in [5.74, 6) is -2.09. The molecular formula is C17H13F2N5O. The molecule has 1 aromatic carbocycles. The Morgan fingerprint density at radius 3 is 2.28 bits per heavy atom. The van der Waals surface area contributed by atoms with Gasteiger partial charge in [-0.1, -0.05) is 6.07 Å². The van der Waals surface area contributed by atoms with Gasteiger partial charge in [-0.3, -0.25) is 9.78 Å². The highest BCUT2D eigenvalue weighted by Gasteiger charge is 2.14. The molecule has 0 aliphatic heterocycles. The van der Waals surface area contributed by atoms with Crippen LogP contribution < -0.4 is 10.6 Å². The Kier molecular flexibility index (Phi) is 4.89. The number of nitrogens with zero attached hydrogens (tertiary/aromatic N) is 3. The summed E-state index contributed by atoms with van der Waals surface area (Å²) in [6.07, 6.45) is 5.90. The van der Waals surface area contributed by atoms with E-state index in [1.807, 2.05) is 12.1 Å². The normalized spacial score (nSPS) is 10.3. The van der Waals surface area contributed by atoms with E-state index in [1.165, 1.54) is 18.5 Å². The number of aromatic nitrogens is 3. The van der Waals surface area contributed by atoms with Gasteiger partial charge in [-0.05, 0) is 29.8 Å². The van der Waals surface area contributed by atoms with E-state index < -0.39 is 23.2 Å². The summed E-state index contributed by atoms with van der Waals surface area (Å²) in [5.41, 5.74) is 0.569. The number of nitrogens with one attached hydrogen (secondary N) is 2. The second-order valence-corrected chi connectivity index (χ2v) is 5.06. The van der Waals surface area contributed by atoms with E-state index in [2.05, 4.69) is 25.6 Å². The lowest BCUT2D eigenvalue weighted by Crippen LogP contribution is -2.15. The Morgan fingerprint density at radius 2 is 1.64 bits per heavy atom. The van der Waals surface area contributed by atoms with Crippen LogP contribution in [-0.4, -0.2) is 20.9 Å². The maximum absolute atomic E-state index is 13.6. The first-order valence-corrected chi connectivity index (χ1v) is 7.33. The molecule has 0 atom stereocenters. The van der Waals surface area contributed by atoms with Crippen LogP contribution in [-0.2, 0) is 6.54 Å². The lowest BCUT2D eigenvalue weighted by Gasteiger charge is -2.08. The highest BCUT2D eigenvalue weighted by atomic mass is 19.1. The molecule has 0 bridgehead atoms. The van der Waals surface area contributed by atoms with Crippen molar-refractivity contribution >= 4 is 17.5 Å². The zero-order chi connectivity index (χ0) is 17.6. The van der Waals surface area contributed by atoms with Crippen LogP contribution in [0.25, 0.3) is 0 Å². The van der Waals surface area contributed by atoms with Crippen LogP contribution in [0.5, 0.6) is 0 Å². The summed E-state index contributed by atoms with van der Waals surface area (Å²) >= 11 is 0. The summed E-state index contributed by atoms with van der Waals surface area (Å²) in [6, 6.07) is 7.02. The largest absolute Gasteiger partial charge is 0.350 e. The smallest absolute Gasteiger partial charge is 0.258 e. The standard InChI is InChI=1S/C17H13F2N5O/c18-13-2-1-3-14(19)15(13)24-16(25)12-9-22-17(23-10-12)21-8-11-4-6-20-7-5-11/h1-7,9-10H,8H2,(H,24,25)(H,21,22,23). The van der Waals surface area contributed by atoms with Crippen molar-refractivity contribution < 1.29 is 13.6 Å². The molecule has 0 aliphatic carbocycles. The third-order valence-corrected chi connectivity index (χ3v) is 3.32. The molecule has 0 unspecified atom stereocenters. The zero-order valence-corrected chi connectivity index (χ0v) is 12.9. The van der Waals surface area contributed by atoms with Gasteiger partial charge >= 0.3 is 0 Å². The number of hydrogen-bond acceptors (Lipinski definition) is 5. The van der Waals surface area contributed by atoms with Gasteiger partial charge in [0.15, 0.2) is 0 Å². The van der Waals surface area contributed by atoms with E-state index in [0.717, 1.165) is 17.7 Å². The quantitative estimate of drug-likeness (QED) is 0.746. The summed E-state index contributed by atoms with van der Waals surface area (Å²) < 4.78 is 27.1. The first-order valence-electron chi connectivity index (χ1n) is 7.33. The number of hydrogen-bond donors (Lipinski definition) is 2. The third kappa shape index (κ3) is 4.11. The van der Waals surface area contributed by atoms with Crippen LogP contribution in [0.4, 0.5) is 20.4 Å². The number of para-hydroxylation sites is 1. The lowest BCUT2D eigenvalue weighted by atomic mass is 10.2. The van der Waals surface area contributed by atoms with Gasteiger partial charge in [0.05, 0.1) is 5.56 Å². The molecule has 1 amide bonds. The Balaban J connectivity index is 1.64. The molecule has 8 heteroatoms. The van der Waals surface area contributed by atoms with Crippen LogP contribution in [0.15, 0.2) is 55.1 Å². The molecule has 6 nitrogen and oxygen atoms in total. The van der Waals surface area contributed by atoms with Gasteiger partial charge in [0.25, 0.3) is 5.91 Å². The fraction of sp³-hybridized carbons (Fsp3) is 0.0588. The van der Waals surface area contributed by atoms with Gasteiger partial charge in [0.1, 0.15) is 17.3 Å². The Hall–Kier alpha value is -3.42. The van der Waals surface area contributed by atoms with E-state index in [1.54, 1.807) is 12.4 Å². The molecule has 3 aromatic rings. The minimum atomic E-state index is -0.857. The topological polar surface area (TPSA) is 79.8 Å². The van der Waals surface area contributed by atoms with E-state index in [-0.39, 0.29) is 5.56 Å². The second-order valence-electron chi connectivity index (χ2n) is 5.06. The Labute approximate surface area is 142 Å². The number of anilines is 2. The predicted octanol–water partition coefficient (Wildman–Crippen LogP) is 3.01. The first kappa shape index (κ1) is 16.4. The van der Waals surface area contributed by atoms with Crippen molar-refractivity contribution in [2.45, 2.75) is 6.54 Å². The molecule has 0 aliphatic rings. The van der Waals surface area contributed by atoms with Crippen LogP contribution in [0, 0.1) is 11.6 Å². The van der Waals surface area contributed by atoms with Crippen molar-refractivity contribution in [2.24, 2.45) is 0 Å². The average molecular weight is 341 g/mol. The zero-order valence-electron chi connectivity index (χ0n) is 12.9. The minimum Gasteiger partial charge on any atom is -0.350 e. The fourth-order valence-corrected chi connectivity index (χ4v) is 2.02. The van der Waals surface area contributed by atoms with E-state index >= 15 is 0 Å². The number of carbonyl (C=O) groups is 1. The van der Waals surface area contributed by atoms with Gasteiger partial charge in [0, 0.05) is 31.3 Å². The second kappa shape index (κ2) is 7.43. The molecule has 2 aromatic heterocycles. The monoisotopic (exact) mass is 341 g/mol. The summed E-state index contributed by atoms with van der Waals surface area (Å²) in [5, 5.41) is 5.17. The number of halogens is 2. The molecular weight excluding hydrogens is 328 g/mol. The molecule has 0 saturated carbocycles. The first-order chi connectivity index (χ1) is 12.1. The van der Waals surface area contributed by atoms with Crippen molar-refractivity contribution in [2.75, 3.05) is 10.6 Å². The van der Waals surface area contributed by atoms with Crippen molar-refractivity contribution in [3.8, 4) is 0 Å². The SMILES string of the molecule is O=C(Nc1c(F)cccc1F)c1cnc(NCc2ccncc2)nc1. The summed E-state index contributed by atoms with van der Waals surface area (Å²) in [7, 11) is 0. The number of benzene rings is 1. The van der Waals surface area contributed by atoms with Crippen LogP contribution in [0.2, 0.25) is 0 Å². The van der Waals surface area contributed by atoms with Crippen molar-refractivity contribution in [3.63, 3.8) is 0 Å². The van der Waals surface area contributed by atoms with Crippen molar-refractivity contribution in [3.05, 3.63) is 77.9 Å². The maximum Gasteiger partial charge on any atom is 0.258 e. The van der Waals surface area contributed by atoms with Gasteiger partial charge in [-0.2, -0.15) is 0 Å². The Morgan fingerprint density at radius 1 is 1.00 bits per heavy atom. The molecule has 2 heterocycles. The van der Waals surface area contributed by atoms with E-state index in [4.69, 9.17) is 0 Å². The molecule has 2 N–H and O–H groups in total. The van der Waals surface area contributed by atoms with Gasteiger partial charge in [-0.25, -0.2) is 18.7 Å². The molecule has 3 rings (SSSR count). The predicted molar refractivity (Wildman–Crippen MR) is 87.9 cm³/mol. The van der Waals surface area contributed by atoms with Crippen LogP contribution in [0.1, 0.15) is 15.9 Å².